The molecule has 86 valence electrons. The van der Waals surface area contributed by atoms with Crippen molar-refractivity contribution in [3.8, 4) is 11.4 Å². The summed E-state index contributed by atoms with van der Waals surface area (Å²) in [5.41, 5.74) is 2.84. The molecule has 3 aromatic rings. The van der Waals surface area contributed by atoms with Crippen molar-refractivity contribution >= 4 is 32.9 Å². The lowest BCUT2D eigenvalue weighted by Gasteiger charge is -1.92. The Kier molecular flexibility index (Phi) is 2.52. The predicted molar refractivity (Wildman–Crippen MR) is 73.5 cm³/mol. The average molecular weight is 308 g/mol. The maximum Gasteiger partial charge on any atom is 0.151 e. The topological polar surface area (TPSA) is 30.2 Å². The van der Waals surface area contributed by atoms with Crippen molar-refractivity contribution in [1.82, 2.24) is 14.4 Å². The van der Waals surface area contributed by atoms with Gasteiger partial charge in [-0.25, -0.2) is 9.97 Å². The van der Waals surface area contributed by atoms with E-state index in [1.807, 2.05) is 35.9 Å². The SMILES string of the molecule is Cc1nc(-c2cn3cccc(Br)c3n2)c(C)s1. The Balaban J connectivity index is 2.25. The Bertz CT molecular complexity index is 699. The van der Waals surface area contributed by atoms with Gasteiger partial charge in [-0.15, -0.1) is 11.3 Å². The summed E-state index contributed by atoms with van der Waals surface area (Å²) < 4.78 is 3.00. The number of fused-ring (bicyclic) bond motifs is 1. The van der Waals surface area contributed by atoms with Gasteiger partial charge in [-0.3, -0.25) is 0 Å². The van der Waals surface area contributed by atoms with Gasteiger partial charge in [0.1, 0.15) is 11.4 Å². The summed E-state index contributed by atoms with van der Waals surface area (Å²) in [4.78, 5) is 10.4. The molecule has 17 heavy (non-hydrogen) atoms. The fraction of sp³-hybridized carbons (Fsp3) is 0.167. The molecule has 0 spiro atoms. The van der Waals surface area contributed by atoms with Crippen molar-refractivity contribution in [1.29, 1.82) is 0 Å². The highest BCUT2D eigenvalue weighted by Gasteiger charge is 2.12. The molecule has 0 aliphatic rings. The van der Waals surface area contributed by atoms with Gasteiger partial charge in [-0.2, -0.15) is 0 Å². The fourth-order valence-corrected chi connectivity index (χ4v) is 3.13. The van der Waals surface area contributed by atoms with E-state index in [-0.39, 0.29) is 0 Å². The van der Waals surface area contributed by atoms with E-state index in [2.05, 4.69) is 32.8 Å². The first-order valence-electron chi connectivity index (χ1n) is 5.23. The highest BCUT2D eigenvalue weighted by Crippen LogP contribution is 2.28. The van der Waals surface area contributed by atoms with Crippen LogP contribution in [0.2, 0.25) is 0 Å². The van der Waals surface area contributed by atoms with E-state index in [1.54, 1.807) is 11.3 Å². The summed E-state index contributed by atoms with van der Waals surface area (Å²) in [5, 5.41) is 1.08. The highest BCUT2D eigenvalue weighted by molar-refractivity contribution is 9.10. The van der Waals surface area contributed by atoms with Crippen LogP contribution in [-0.2, 0) is 0 Å². The van der Waals surface area contributed by atoms with Gasteiger partial charge in [-0.1, -0.05) is 0 Å². The predicted octanol–water partition coefficient (Wildman–Crippen LogP) is 3.84. The van der Waals surface area contributed by atoms with E-state index >= 15 is 0 Å². The molecule has 3 nitrogen and oxygen atoms in total. The molecule has 0 unspecified atom stereocenters. The normalized spacial score (nSPS) is 11.2. The second-order valence-corrected chi connectivity index (χ2v) is 6.11. The number of rotatable bonds is 1. The van der Waals surface area contributed by atoms with Crippen LogP contribution < -0.4 is 0 Å². The van der Waals surface area contributed by atoms with Crippen molar-refractivity contribution in [2.75, 3.05) is 0 Å². The minimum Gasteiger partial charge on any atom is -0.305 e. The van der Waals surface area contributed by atoms with Crippen LogP contribution in [0, 0.1) is 13.8 Å². The fourth-order valence-electron chi connectivity index (χ4n) is 1.86. The molecule has 0 fully saturated rings. The molecule has 0 N–H and O–H groups in total. The van der Waals surface area contributed by atoms with E-state index in [1.165, 1.54) is 4.88 Å². The van der Waals surface area contributed by atoms with E-state index < -0.39 is 0 Å². The van der Waals surface area contributed by atoms with Gasteiger partial charge in [0.15, 0.2) is 5.65 Å². The third kappa shape index (κ3) is 1.79. The molecule has 3 heterocycles. The molecule has 0 aromatic carbocycles. The Morgan fingerprint density at radius 1 is 1.29 bits per heavy atom. The first kappa shape index (κ1) is 10.9. The van der Waals surface area contributed by atoms with Crippen LogP contribution in [0.5, 0.6) is 0 Å². The minimum absolute atomic E-state index is 0.924. The molecule has 3 rings (SSSR count). The lowest BCUT2D eigenvalue weighted by Crippen LogP contribution is -1.81. The van der Waals surface area contributed by atoms with Gasteiger partial charge in [0, 0.05) is 17.3 Å². The van der Waals surface area contributed by atoms with Gasteiger partial charge >= 0.3 is 0 Å². The van der Waals surface area contributed by atoms with Crippen LogP contribution in [-0.4, -0.2) is 14.4 Å². The van der Waals surface area contributed by atoms with E-state index in [0.29, 0.717) is 0 Å². The zero-order valence-corrected chi connectivity index (χ0v) is 11.8. The Morgan fingerprint density at radius 3 is 2.76 bits per heavy atom. The van der Waals surface area contributed by atoms with Crippen LogP contribution in [0.1, 0.15) is 9.88 Å². The van der Waals surface area contributed by atoms with E-state index in [9.17, 15) is 0 Å². The number of hydrogen-bond donors (Lipinski definition) is 0. The number of aryl methyl sites for hydroxylation is 2. The quantitative estimate of drug-likeness (QED) is 0.684. The summed E-state index contributed by atoms with van der Waals surface area (Å²) in [6.07, 6.45) is 4.01. The van der Waals surface area contributed by atoms with Crippen LogP contribution in [0.3, 0.4) is 0 Å². The van der Waals surface area contributed by atoms with Gasteiger partial charge in [0.2, 0.25) is 0 Å². The van der Waals surface area contributed by atoms with E-state index in [0.717, 1.165) is 26.5 Å². The zero-order chi connectivity index (χ0) is 12.0. The maximum atomic E-state index is 4.62. The lowest BCUT2D eigenvalue weighted by atomic mass is 10.3. The number of thiazole rings is 1. The second-order valence-electron chi connectivity index (χ2n) is 3.85. The molecule has 0 saturated carbocycles. The molecular weight excluding hydrogens is 298 g/mol. The highest BCUT2D eigenvalue weighted by atomic mass is 79.9. The third-order valence-corrected chi connectivity index (χ3v) is 4.09. The molecule has 0 aliphatic carbocycles. The van der Waals surface area contributed by atoms with Gasteiger partial charge < -0.3 is 4.40 Å². The maximum absolute atomic E-state index is 4.62. The van der Waals surface area contributed by atoms with Crippen molar-refractivity contribution in [3.05, 3.63) is 38.9 Å². The number of nitrogens with zero attached hydrogens (tertiary/aromatic N) is 3. The van der Waals surface area contributed by atoms with Crippen molar-refractivity contribution in [2.24, 2.45) is 0 Å². The van der Waals surface area contributed by atoms with Crippen molar-refractivity contribution < 1.29 is 0 Å². The molecule has 0 radical (unpaired) electrons. The minimum atomic E-state index is 0.924. The van der Waals surface area contributed by atoms with Gasteiger partial charge in [-0.05, 0) is 41.9 Å². The van der Waals surface area contributed by atoms with E-state index in [4.69, 9.17) is 0 Å². The van der Waals surface area contributed by atoms with Crippen molar-refractivity contribution in [2.45, 2.75) is 13.8 Å². The molecule has 0 saturated heterocycles. The Hall–Kier alpha value is -1.20. The average Bonchev–Trinajstić information content (AvgIpc) is 2.82. The van der Waals surface area contributed by atoms with Gasteiger partial charge in [0.25, 0.3) is 0 Å². The molecule has 5 heteroatoms. The standard InChI is InChI=1S/C12H10BrN3S/c1-7-11(14-8(2)17-7)10-6-16-5-3-4-9(13)12(16)15-10/h3-6H,1-2H3. The first-order chi connectivity index (χ1) is 8.15. The molecule has 0 bridgehead atoms. The summed E-state index contributed by atoms with van der Waals surface area (Å²) in [7, 11) is 0. The van der Waals surface area contributed by atoms with Crippen molar-refractivity contribution in [3.63, 3.8) is 0 Å². The summed E-state index contributed by atoms with van der Waals surface area (Å²) in [5.74, 6) is 0. The monoisotopic (exact) mass is 307 g/mol. The summed E-state index contributed by atoms with van der Waals surface area (Å²) >= 11 is 5.21. The third-order valence-electron chi connectivity index (χ3n) is 2.58. The molecular formula is C12H10BrN3S. The largest absolute Gasteiger partial charge is 0.305 e. The van der Waals surface area contributed by atoms with Crippen LogP contribution in [0.15, 0.2) is 29.0 Å². The molecule has 0 aliphatic heterocycles. The summed E-state index contributed by atoms with van der Waals surface area (Å²) in [6, 6.07) is 3.98. The number of aromatic nitrogens is 3. The van der Waals surface area contributed by atoms with Crippen LogP contribution in [0.4, 0.5) is 0 Å². The molecule has 0 atom stereocenters. The zero-order valence-electron chi connectivity index (χ0n) is 9.44. The lowest BCUT2D eigenvalue weighted by molar-refractivity contribution is 1.18. The Labute approximate surface area is 111 Å². The second kappa shape index (κ2) is 3.92. The number of imidazole rings is 1. The van der Waals surface area contributed by atoms with Gasteiger partial charge in [0.05, 0.1) is 9.48 Å². The summed E-state index contributed by atoms with van der Waals surface area (Å²) in [6.45, 7) is 4.10. The number of pyridine rings is 1. The first-order valence-corrected chi connectivity index (χ1v) is 6.84. The number of halogens is 1. The van der Waals surface area contributed by atoms with Crippen LogP contribution in [0.25, 0.3) is 17.0 Å². The smallest absolute Gasteiger partial charge is 0.151 e. The molecule has 3 aromatic heterocycles. The number of hydrogen-bond acceptors (Lipinski definition) is 3. The van der Waals surface area contributed by atoms with Crippen LogP contribution >= 0.6 is 27.3 Å². The molecule has 0 amide bonds. The Morgan fingerprint density at radius 2 is 2.12 bits per heavy atom.